The number of ether oxygens (including phenoxy) is 1. The van der Waals surface area contributed by atoms with Gasteiger partial charge in [-0.25, -0.2) is 0 Å². The smallest absolute Gasteiger partial charge is 0.0723 e. The molecule has 0 N–H and O–H groups in total. The summed E-state index contributed by atoms with van der Waals surface area (Å²) in [7, 11) is 0. The molecule has 3 rings (SSSR count). The van der Waals surface area contributed by atoms with Crippen LogP contribution in [0.25, 0.3) is 11.1 Å². The maximum absolute atomic E-state index is 6.18. The first kappa shape index (κ1) is 20.2. The maximum Gasteiger partial charge on any atom is 0.0723 e. The summed E-state index contributed by atoms with van der Waals surface area (Å²) in [5.74, 6) is 2.72. The van der Waals surface area contributed by atoms with Crippen molar-refractivity contribution in [3.05, 3.63) is 58.1 Å². The summed E-state index contributed by atoms with van der Waals surface area (Å²) in [6.07, 6.45) is 5.38. The Morgan fingerprint density at radius 1 is 0.963 bits per heavy atom. The summed E-state index contributed by atoms with van der Waals surface area (Å²) in [5.41, 5.74) is 3.32. The average Bonchev–Trinajstić information content (AvgIpc) is 2.69. The normalized spacial score (nSPS) is 15.6. The van der Waals surface area contributed by atoms with Gasteiger partial charge in [0.25, 0.3) is 0 Å². The molecule has 142 valence electrons. The Morgan fingerprint density at radius 3 is 2.44 bits per heavy atom. The van der Waals surface area contributed by atoms with E-state index in [9.17, 15) is 0 Å². The predicted molar refractivity (Wildman–Crippen MR) is 113 cm³/mol. The average molecular weight is 403 g/mol. The molecule has 2 aromatic carbocycles. The topological polar surface area (TPSA) is 15.7 Å². The van der Waals surface area contributed by atoms with Crippen molar-refractivity contribution >= 4 is 23.2 Å². The number of rotatable bonds is 7. The zero-order valence-electron chi connectivity index (χ0n) is 15.3. The van der Waals surface area contributed by atoms with Crippen molar-refractivity contribution in [2.24, 2.45) is 0 Å². The van der Waals surface area contributed by atoms with Crippen LogP contribution in [0.5, 0.6) is 0 Å². The fourth-order valence-electron chi connectivity index (χ4n) is 3.27. The Morgan fingerprint density at radius 2 is 1.70 bits per heavy atom. The van der Waals surface area contributed by atoms with Crippen LogP contribution in [-0.2, 0) is 11.3 Å². The highest BCUT2D eigenvalue weighted by molar-refractivity contribution is 6.42. The molecule has 2 aromatic rings. The van der Waals surface area contributed by atoms with E-state index in [4.69, 9.17) is 34.4 Å². The molecule has 0 bridgehead atoms. The molecular weight excluding hydrogens is 379 g/mol. The number of hydrogen-bond acceptors (Lipinski definition) is 3. The fourth-order valence-corrected chi connectivity index (χ4v) is 3.57. The van der Waals surface area contributed by atoms with Gasteiger partial charge in [0.1, 0.15) is 0 Å². The largest absolute Gasteiger partial charge is 0.375 e. The van der Waals surface area contributed by atoms with Crippen molar-refractivity contribution in [1.29, 1.82) is 0 Å². The summed E-state index contributed by atoms with van der Waals surface area (Å²) in [6.45, 7) is 7.14. The van der Waals surface area contributed by atoms with Crippen molar-refractivity contribution in [3.8, 4) is 23.5 Å². The molecule has 0 radical (unpaired) electrons. The van der Waals surface area contributed by atoms with E-state index < -0.39 is 0 Å². The number of halogens is 2. The summed E-state index contributed by atoms with van der Waals surface area (Å²) in [4.78, 5) is 4.74. The number of terminal acetylenes is 1. The van der Waals surface area contributed by atoms with Crippen LogP contribution < -0.4 is 0 Å². The Labute approximate surface area is 171 Å². The van der Waals surface area contributed by atoms with Gasteiger partial charge in [-0.1, -0.05) is 59.5 Å². The van der Waals surface area contributed by atoms with E-state index in [-0.39, 0.29) is 0 Å². The van der Waals surface area contributed by atoms with Crippen LogP contribution >= 0.6 is 23.2 Å². The molecule has 1 aliphatic heterocycles. The third-order valence-corrected chi connectivity index (χ3v) is 5.58. The Bertz CT molecular complexity index is 795. The van der Waals surface area contributed by atoms with Crippen LogP contribution in [0.1, 0.15) is 5.56 Å². The summed E-state index contributed by atoms with van der Waals surface area (Å²) in [5, 5.41) is 1.13. The SMILES string of the molecule is C#CCN1CCN(CCOCc2ccccc2-c2ccc(Cl)c(Cl)c2)CC1. The highest BCUT2D eigenvalue weighted by Crippen LogP contribution is 2.30. The Balaban J connectivity index is 1.51. The third-order valence-electron chi connectivity index (χ3n) is 4.84. The van der Waals surface area contributed by atoms with Crippen molar-refractivity contribution in [2.75, 3.05) is 45.9 Å². The second-order valence-corrected chi connectivity index (χ2v) is 7.47. The van der Waals surface area contributed by atoms with E-state index in [2.05, 4.69) is 27.9 Å². The molecule has 0 atom stereocenters. The van der Waals surface area contributed by atoms with Gasteiger partial charge in [0, 0.05) is 32.7 Å². The molecule has 27 heavy (non-hydrogen) atoms. The molecule has 1 heterocycles. The van der Waals surface area contributed by atoms with Crippen molar-refractivity contribution in [1.82, 2.24) is 9.80 Å². The molecule has 5 heteroatoms. The molecular formula is C22H24Cl2N2O. The quantitative estimate of drug-likeness (QED) is 0.503. The highest BCUT2D eigenvalue weighted by Gasteiger charge is 2.15. The lowest BCUT2D eigenvalue weighted by Gasteiger charge is -2.33. The first-order valence-corrected chi connectivity index (χ1v) is 9.92. The minimum atomic E-state index is 0.564. The molecule has 1 aliphatic rings. The molecule has 3 nitrogen and oxygen atoms in total. The molecule has 1 saturated heterocycles. The van der Waals surface area contributed by atoms with Gasteiger partial charge in [-0.2, -0.15) is 0 Å². The second-order valence-electron chi connectivity index (χ2n) is 6.66. The Hall–Kier alpha value is -1.54. The summed E-state index contributed by atoms with van der Waals surface area (Å²) < 4.78 is 5.97. The van der Waals surface area contributed by atoms with Crippen LogP contribution in [0.15, 0.2) is 42.5 Å². The van der Waals surface area contributed by atoms with E-state index in [1.807, 2.05) is 30.3 Å². The van der Waals surface area contributed by atoms with Crippen molar-refractivity contribution in [2.45, 2.75) is 6.61 Å². The van der Waals surface area contributed by atoms with Crippen molar-refractivity contribution < 1.29 is 4.74 Å². The van der Waals surface area contributed by atoms with Gasteiger partial charge in [0.15, 0.2) is 0 Å². The minimum Gasteiger partial charge on any atom is -0.375 e. The molecule has 0 unspecified atom stereocenters. The van der Waals surface area contributed by atoms with E-state index in [1.165, 1.54) is 0 Å². The zero-order chi connectivity index (χ0) is 19.1. The van der Waals surface area contributed by atoms with E-state index in [0.717, 1.165) is 56.0 Å². The van der Waals surface area contributed by atoms with Crippen LogP contribution in [0.4, 0.5) is 0 Å². The second kappa shape index (κ2) is 10.1. The molecule has 1 fully saturated rings. The third kappa shape index (κ3) is 5.72. The van der Waals surface area contributed by atoms with Gasteiger partial charge in [0.2, 0.25) is 0 Å². The Kier molecular flexibility index (Phi) is 7.58. The fraction of sp³-hybridized carbons (Fsp3) is 0.364. The lowest BCUT2D eigenvalue weighted by atomic mass is 10.0. The van der Waals surface area contributed by atoms with E-state index in [1.54, 1.807) is 0 Å². The van der Waals surface area contributed by atoms with Crippen LogP contribution in [0, 0.1) is 12.3 Å². The molecule has 0 amide bonds. The molecule has 0 aromatic heterocycles. The molecule has 0 aliphatic carbocycles. The predicted octanol–water partition coefficient (Wildman–Crippen LogP) is 4.43. The first-order chi connectivity index (χ1) is 13.2. The van der Waals surface area contributed by atoms with Gasteiger partial charge in [-0.15, -0.1) is 6.42 Å². The van der Waals surface area contributed by atoms with E-state index in [0.29, 0.717) is 23.3 Å². The van der Waals surface area contributed by atoms with Crippen molar-refractivity contribution in [3.63, 3.8) is 0 Å². The summed E-state index contributed by atoms with van der Waals surface area (Å²) >= 11 is 12.2. The zero-order valence-corrected chi connectivity index (χ0v) is 16.8. The molecule has 0 spiro atoms. The number of piperazine rings is 1. The standard InChI is InChI=1S/C22H24Cl2N2O/c1-2-9-25-10-12-26(13-11-25)14-15-27-17-19-5-3-4-6-20(19)18-7-8-21(23)22(24)16-18/h1,3-8,16H,9-15,17H2. The number of benzene rings is 2. The lowest BCUT2D eigenvalue weighted by Crippen LogP contribution is -2.47. The van der Waals surface area contributed by atoms with Gasteiger partial charge >= 0.3 is 0 Å². The summed E-state index contributed by atoms with van der Waals surface area (Å²) in [6, 6.07) is 14.0. The highest BCUT2D eigenvalue weighted by atomic mass is 35.5. The van der Waals surface area contributed by atoms with Gasteiger partial charge < -0.3 is 4.74 Å². The number of nitrogens with zero attached hydrogens (tertiary/aromatic N) is 2. The van der Waals surface area contributed by atoms with Gasteiger partial charge in [0.05, 0.1) is 29.8 Å². The van der Waals surface area contributed by atoms with E-state index >= 15 is 0 Å². The van der Waals surface area contributed by atoms with Gasteiger partial charge in [-0.3, -0.25) is 9.80 Å². The lowest BCUT2D eigenvalue weighted by molar-refractivity contribution is 0.0716. The minimum absolute atomic E-state index is 0.564. The number of hydrogen-bond donors (Lipinski definition) is 0. The first-order valence-electron chi connectivity index (χ1n) is 9.16. The van der Waals surface area contributed by atoms with Gasteiger partial charge in [-0.05, 0) is 28.8 Å². The van der Waals surface area contributed by atoms with Crippen LogP contribution in [0.3, 0.4) is 0 Å². The van der Waals surface area contributed by atoms with Crippen LogP contribution in [0.2, 0.25) is 10.0 Å². The monoisotopic (exact) mass is 402 g/mol. The maximum atomic E-state index is 6.18. The van der Waals surface area contributed by atoms with Crippen LogP contribution in [-0.4, -0.2) is 55.7 Å². The molecule has 0 saturated carbocycles.